The number of fused-ring (bicyclic) bond motifs is 1. The molecule has 3 aromatic rings. The first-order valence-electron chi connectivity index (χ1n) is 11.8. The summed E-state index contributed by atoms with van der Waals surface area (Å²) in [5.74, 6) is 0.507. The number of benzene rings is 2. The Balaban J connectivity index is 1.42. The summed E-state index contributed by atoms with van der Waals surface area (Å²) in [6.45, 7) is 9.95. The van der Waals surface area contributed by atoms with Crippen molar-refractivity contribution in [3.8, 4) is 0 Å². The van der Waals surface area contributed by atoms with Gasteiger partial charge < -0.3 is 4.74 Å². The molecule has 0 spiro atoms. The number of hydrogen-bond acceptors (Lipinski definition) is 6. The minimum absolute atomic E-state index is 0.186. The van der Waals surface area contributed by atoms with Crippen LogP contribution in [0.15, 0.2) is 42.6 Å². The summed E-state index contributed by atoms with van der Waals surface area (Å²) in [4.78, 5) is 25.8. The van der Waals surface area contributed by atoms with Crippen LogP contribution in [0, 0.1) is 23.0 Å². The molecule has 2 aromatic carbocycles. The molecular weight excluding hydrogens is 432 g/mol. The Morgan fingerprint density at radius 2 is 1.97 bits per heavy atom. The smallest absolute Gasteiger partial charge is 0.435 e. The zero-order valence-electron chi connectivity index (χ0n) is 20.3. The van der Waals surface area contributed by atoms with E-state index in [0.29, 0.717) is 11.5 Å². The van der Waals surface area contributed by atoms with E-state index in [0.717, 1.165) is 55.4 Å². The molecule has 8 nitrogen and oxygen atoms in total. The third-order valence-corrected chi connectivity index (χ3v) is 6.20. The Bertz CT molecular complexity index is 1210. The lowest BCUT2D eigenvalue weighted by Crippen LogP contribution is -2.35. The average molecular weight is 465 g/mol. The molecule has 1 fully saturated rings. The second-order valence-electron chi connectivity index (χ2n) is 10.3. The van der Waals surface area contributed by atoms with Crippen molar-refractivity contribution < 1.29 is 14.5 Å². The Hall–Kier alpha value is -3.26. The van der Waals surface area contributed by atoms with Crippen LogP contribution in [0.2, 0.25) is 0 Å². The molecule has 1 unspecified atom stereocenters. The molecule has 1 atom stereocenters. The zero-order chi connectivity index (χ0) is 24.5. The molecule has 1 saturated heterocycles. The van der Waals surface area contributed by atoms with Crippen molar-refractivity contribution >= 4 is 22.7 Å². The molecule has 0 aliphatic carbocycles. The lowest BCUT2D eigenvalue weighted by atomic mass is 9.90. The van der Waals surface area contributed by atoms with Gasteiger partial charge >= 0.3 is 6.09 Å². The fourth-order valence-corrected chi connectivity index (χ4v) is 4.66. The van der Waals surface area contributed by atoms with Gasteiger partial charge in [-0.2, -0.15) is 9.78 Å². The van der Waals surface area contributed by atoms with E-state index in [9.17, 15) is 14.9 Å². The molecule has 0 radical (unpaired) electrons. The Kier molecular flexibility index (Phi) is 6.70. The molecule has 180 valence electrons. The maximum atomic E-state index is 12.4. The van der Waals surface area contributed by atoms with Crippen molar-refractivity contribution in [3.63, 3.8) is 0 Å². The number of likely N-dealkylation sites (tertiary alicyclic amines) is 1. The lowest BCUT2D eigenvalue weighted by molar-refractivity contribution is -0.385. The van der Waals surface area contributed by atoms with Crippen LogP contribution in [0.3, 0.4) is 0 Å². The number of piperidine rings is 1. The first kappa shape index (κ1) is 23.9. The van der Waals surface area contributed by atoms with Crippen LogP contribution in [0.4, 0.5) is 10.5 Å². The number of hydrogen-bond donors (Lipinski definition) is 0. The van der Waals surface area contributed by atoms with Crippen LogP contribution >= 0.6 is 0 Å². The first-order chi connectivity index (χ1) is 16.1. The van der Waals surface area contributed by atoms with Crippen molar-refractivity contribution in [1.82, 2.24) is 14.7 Å². The fourth-order valence-electron chi connectivity index (χ4n) is 4.66. The normalized spacial score (nSPS) is 17.1. The summed E-state index contributed by atoms with van der Waals surface area (Å²) >= 11 is 0. The molecular formula is C26H32N4O4. The predicted molar refractivity (Wildman–Crippen MR) is 131 cm³/mol. The monoisotopic (exact) mass is 464 g/mol. The van der Waals surface area contributed by atoms with Gasteiger partial charge in [0, 0.05) is 30.1 Å². The van der Waals surface area contributed by atoms with Crippen LogP contribution in [-0.2, 0) is 17.7 Å². The van der Waals surface area contributed by atoms with Crippen molar-refractivity contribution in [2.24, 2.45) is 5.92 Å². The second kappa shape index (κ2) is 9.54. The van der Waals surface area contributed by atoms with E-state index >= 15 is 0 Å². The summed E-state index contributed by atoms with van der Waals surface area (Å²) in [7, 11) is 0. The summed E-state index contributed by atoms with van der Waals surface area (Å²) in [5, 5.41) is 16.4. The number of carbonyl (C=O) groups excluding carboxylic acids is 1. The predicted octanol–water partition coefficient (Wildman–Crippen LogP) is 5.49. The van der Waals surface area contributed by atoms with Gasteiger partial charge in [-0.1, -0.05) is 18.2 Å². The first-order valence-corrected chi connectivity index (χ1v) is 11.8. The van der Waals surface area contributed by atoms with E-state index in [1.165, 1.54) is 10.2 Å². The van der Waals surface area contributed by atoms with Crippen LogP contribution in [0.25, 0.3) is 10.9 Å². The van der Waals surface area contributed by atoms with Crippen molar-refractivity contribution in [3.05, 3.63) is 69.4 Å². The van der Waals surface area contributed by atoms with E-state index in [2.05, 4.69) is 22.1 Å². The molecule has 0 amide bonds. The molecule has 8 heteroatoms. The van der Waals surface area contributed by atoms with Gasteiger partial charge in [0.1, 0.15) is 5.60 Å². The van der Waals surface area contributed by atoms with Gasteiger partial charge in [-0.05, 0) is 82.7 Å². The maximum absolute atomic E-state index is 12.4. The lowest BCUT2D eigenvalue weighted by Gasteiger charge is -2.33. The van der Waals surface area contributed by atoms with Gasteiger partial charge in [0.2, 0.25) is 0 Å². The number of nitro benzene ring substituents is 1. The molecule has 2 heterocycles. The number of aryl methyl sites for hydroxylation is 1. The summed E-state index contributed by atoms with van der Waals surface area (Å²) in [6, 6.07) is 11.6. The number of nitrogens with zero attached hydrogens (tertiary/aromatic N) is 4. The minimum atomic E-state index is -0.578. The topological polar surface area (TPSA) is 90.5 Å². The van der Waals surface area contributed by atoms with Gasteiger partial charge in [0.25, 0.3) is 5.69 Å². The van der Waals surface area contributed by atoms with Gasteiger partial charge in [-0.3, -0.25) is 15.0 Å². The molecule has 0 saturated carbocycles. The number of rotatable bonds is 5. The standard InChI is InChI=1S/C26H32N4O4/c1-18-7-8-21(14-24(18)30(32)33)17-28-11-5-6-20(16-28)12-19-9-10-23-22(13-19)15-27-29(23)25(31)34-26(2,3)4/h7-10,13-15,20H,5-6,11-12,16-17H2,1-4H3. The average Bonchev–Trinajstić information content (AvgIpc) is 3.17. The number of aromatic nitrogens is 2. The number of ether oxygens (including phenoxy) is 1. The highest BCUT2D eigenvalue weighted by Gasteiger charge is 2.23. The molecule has 0 N–H and O–H groups in total. The summed E-state index contributed by atoms with van der Waals surface area (Å²) < 4.78 is 6.76. The van der Waals surface area contributed by atoms with E-state index in [-0.39, 0.29) is 10.6 Å². The van der Waals surface area contributed by atoms with Crippen molar-refractivity contribution in [2.75, 3.05) is 13.1 Å². The third-order valence-electron chi connectivity index (χ3n) is 6.20. The quantitative estimate of drug-likeness (QED) is 0.366. The third kappa shape index (κ3) is 5.62. The van der Waals surface area contributed by atoms with Crippen molar-refractivity contribution in [2.45, 2.75) is 59.1 Å². The van der Waals surface area contributed by atoms with Gasteiger partial charge in [0.15, 0.2) is 0 Å². The van der Waals surface area contributed by atoms with E-state index < -0.39 is 11.7 Å². The number of nitro groups is 1. The van der Waals surface area contributed by atoms with Crippen LogP contribution in [0.5, 0.6) is 0 Å². The largest absolute Gasteiger partial charge is 0.442 e. The van der Waals surface area contributed by atoms with E-state index in [1.54, 1.807) is 19.2 Å². The van der Waals surface area contributed by atoms with E-state index in [1.807, 2.05) is 39.0 Å². The molecule has 4 rings (SSSR count). The minimum Gasteiger partial charge on any atom is -0.442 e. The van der Waals surface area contributed by atoms with Crippen molar-refractivity contribution in [1.29, 1.82) is 0 Å². The van der Waals surface area contributed by atoms with Gasteiger partial charge in [0.05, 0.1) is 16.6 Å². The van der Waals surface area contributed by atoms with Gasteiger partial charge in [-0.15, -0.1) is 0 Å². The Morgan fingerprint density at radius 1 is 1.21 bits per heavy atom. The highest BCUT2D eigenvalue weighted by Crippen LogP contribution is 2.26. The van der Waals surface area contributed by atoms with Crippen LogP contribution in [-0.4, -0.2) is 44.4 Å². The highest BCUT2D eigenvalue weighted by molar-refractivity contribution is 5.88. The van der Waals surface area contributed by atoms with Crippen LogP contribution in [0.1, 0.15) is 50.3 Å². The molecule has 1 aliphatic heterocycles. The Morgan fingerprint density at radius 3 is 2.71 bits per heavy atom. The molecule has 34 heavy (non-hydrogen) atoms. The zero-order valence-corrected chi connectivity index (χ0v) is 20.3. The molecule has 1 aliphatic rings. The summed E-state index contributed by atoms with van der Waals surface area (Å²) in [5.41, 5.74) is 3.24. The highest BCUT2D eigenvalue weighted by atomic mass is 16.6. The SMILES string of the molecule is Cc1ccc(CN2CCCC(Cc3ccc4c(cnn4C(=O)OC(C)(C)C)c3)C2)cc1[N+](=O)[O-]. The second-order valence-corrected chi connectivity index (χ2v) is 10.3. The fraction of sp³-hybridized carbons (Fsp3) is 0.462. The maximum Gasteiger partial charge on any atom is 0.435 e. The Labute approximate surface area is 199 Å². The molecule has 1 aromatic heterocycles. The summed E-state index contributed by atoms with van der Waals surface area (Å²) in [6.07, 6.45) is 4.43. The van der Waals surface area contributed by atoms with E-state index in [4.69, 9.17) is 4.74 Å². The number of carbonyl (C=O) groups is 1. The van der Waals surface area contributed by atoms with Crippen LogP contribution < -0.4 is 0 Å². The van der Waals surface area contributed by atoms with Gasteiger partial charge in [-0.25, -0.2) is 4.79 Å². The molecule has 0 bridgehead atoms.